The van der Waals surface area contributed by atoms with E-state index in [-0.39, 0.29) is 11.7 Å². The smallest absolute Gasteiger partial charge is 0.127 e. The molecule has 94 valence electrons. The lowest BCUT2D eigenvalue weighted by Gasteiger charge is -2.06. The number of hydrogen-bond acceptors (Lipinski definition) is 0. The lowest BCUT2D eigenvalue weighted by atomic mass is 10.0. The molecule has 0 nitrogen and oxygen atoms in total. The van der Waals surface area contributed by atoms with Gasteiger partial charge in [-0.25, -0.2) is 4.39 Å². The van der Waals surface area contributed by atoms with Gasteiger partial charge in [0.25, 0.3) is 0 Å². The van der Waals surface area contributed by atoms with Crippen molar-refractivity contribution in [2.45, 2.75) is 25.6 Å². The van der Waals surface area contributed by atoms with Crippen molar-refractivity contribution in [3.05, 3.63) is 70.5 Å². The van der Waals surface area contributed by atoms with Crippen molar-refractivity contribution in [1.29, 1.82) is 0 Å². The summed E-state index contributed by atoms with van der Waals surface area (Å²) in [7, 11) is 0. The van der Waals surface area contributed by atoms with Crippen LogP contribution in [-0.2, 0) is 18.7 Å². The minimum Gasteiger partial charge on any atom is -0.207 e. The molecule has 0 saturated carbocycles. The summed E-state index contributed by atoms with van der Waals surface area (Å²) >= 11 is 5.71. The third kappa shape index (κ3) is 3.11. The Morgan fingerprint density at radius 2 is 1.56 bits per heavy atom. The first-order valence-electron chi connectivity index (χ1n) is 6.14. The SMILES string of the molecule is CCc1ccc(Cc2ccc(F)c(CCl)c2)cc1. The second kappa shape index (κ2) is 6.01. The van der Waals surface area contributed by atoms with E-state index < -0.39 is 0 Å². The van der Waals surface area contributed by atoms with Crippen LogP contribution in [0.5, 0.6) is 0 Å². The molecule has 0 heterocycles. The van der Waals surface area contributed by atoms with Crippen LogP contribution in [0.1, 0.15) is 29.2 Å². The first-order valence-corrected chi connectivity index (χ1v) is 6.67. The van der Waals surface area contributed by atoms with E-state index in [1.807, 2.05) is 12.1 Å². The van der Waals surface area contributed by atoms with Crippen LogP contribution in [0.3, 0.4) is 0 Å². The van der Waals surface area contributed by atoms with Crippen molar-refractivity contribution in [3.63, 3.8) is 0 Å². The lowest BCUT2D eigenvalue weighted by molar-refractivity contribution is 0.616. The molecule has 0 unspecified atom stereocenters. The molecule has 2 rings (SSSR count). The van der Waals surface area contributed by atoms with Crippen LogP contribution in [0.2, 0.25) is 0 Å². The van der Waals surface area contributed by atoms with E-state index in [1.54, 1.807) is 0 Å². The summed E-state index contributed by atoms with van der Waals surface area (Å²) in [5.74, 6) is -0.0101. The Morgan fingerprint density at radius 1 is 0.944 bits per heavy atom. The van der Waals surface area contributed by atoms with Crippen molar-refractivity contribution in [2.75, 3.05) is 0 Å². The topological polar surface area (TPSA) is 0 Å². The summed E-state index contributed by atoms with van der Waals surface area (Å²) in [6.45, 7) is 2.14. The summed E-state index contributed by atoms with van der Waals surface area (Å²) in [5.41, 5.74) is 4.23. The fraction of sp³-hybridized carbons (Fsp3) is 0.250. The third-order valence-electron chi connectivity index (χ3n) is 3.09. The average molecular weight is 263 g/mol. The minimum atomic E-state index is -0.227. The Kier molecular flexibility index (Phi) is 4.38. The highest BCUT2D eigenvalue weighted by molar-refractivity contribution is 6.17. The van der Waals surface area contributed by atoms with Crippen LogP contribution in [0.25, 0.3) is 0 Å². The Balaban J connectivity index is 2.17. The fourth-order valence-electron chi connectivity index (χ4n) is 1.97. The summed E-state index contributed by atoms with van der Waals surface area (Å²) in [6.07, 6.45) is 1.86. The maximum Gasteiger partial charge on any atom is 0.127 e. The summed E-state index contributed by atoms with van der Waals surface area (Å²) in [5, 5.41) is 0. The highest BCUT2D eigenvalue weighted by atomic mass is 35.5. The van der Waals surface area contributed by atoms with Crippen molar-refractivity contribution in [1.82, 2.24) is 0 Å². The molecule has 0 fully saturated rings. The van der Waals surface area contributed by atoms with Gasteiger partial charge >= 0.3 is 0 Å². The lowest BCUT2D eigenvalue weighted by Crippen LogP contribution is -1.93. The Hall–Kier alpha value is -1.34. The van der Waals surface area contributed by atoms with Crippen LogP contribution in [0.15, 0.2) is 42.5 Å². The van der Waals surface area contributed by atoms with Gasteiger partial charge in [0.05, 0.1) is 5.88 Å². The van der Waals surface area contributed by atoms with Crippen molar-refractivity contribution in [3.8, 4) is 0 Å². The number of hydrogen-bond donors (Lipinski definition) is 0. The minimum absolute atomic E-state index is 0.217. The van der Waals surface area contributed by atoms with Gasteiger partial charge in [0.2, 0.25) is 0 Å². The van der Waals surface area contributed by atoms with E-state index in [0.29, 0.717) is 5.56 Å². The molecule has 0 aromatic heterocycles. The third-order valence-corrected chi connectivity index (χ3v) is 3.38. The zero-order valence-corrected chi connectivity index (χ0v) is 11.2. The monoisotopic (exact) mass is 262 g/mol. The highest BCUT2D eigenvalue weighted by Crippen LogP contribution is 2.16. The number of halogens is 2. The average Bonchev–Trinajstić information content (AvgIpc) is 2.42. The van der Waals surface area contributed by atoms with Gasteiger partial charge in [-0.15, -0.1) is 11.6 Å². The van der Waals surface area contributed by atoms with E-state index in [0.717, 1.165) is 18.4 Å². The summed E-state index contributed by atoms with van der Waals surface area (Å²) < 4.78 is 13.3. The van der Waals surface area contributed by atoms with Crippen molar-refractivity contribution >= 4 is 11.6 Å². The molecule has 18 heavy (non-hydrogen) atoms. The second-order valence-electron chi connectivity index (χ2n) is 4.41. The molecule has 0 N–H and O–H groups in total. The van der Waals surface area contributed by atoms with Gasteiger partial charge < -0.3 is 0 Å². The molecular formula is C16H16ClF. The van der Waals surface area contributed by atoms with Gasteiger partial charge in [0.15, 0.2) is 0 Å². The molecule has 2 aromatic rings. The molecule has 0 saturated heterocycles. The molecule has 0 aliphatic rings. The molecular weight excluding hydrogens is 247 g/mol. The zero-order valence-electron chi connectivity index (χ0n) is 10.4. The van der Waals surface area contributed by atoms with Gasteiger partial charge in [0.1, 0.15) is 5.82 Å². The van der Waals surface area contributed by atoms with Crippen LogP contribution in [0, 0.1) is 5.82 Å². The van der Waals surface area contributed by atoms with Crippen LogP contribution in [0.4, 0.5) is 4.39 Å². The van der Waals surface area contributed by atoms with E-state index in [2.05, 4.69) is 31.2 Å². The summed E-state index contributed by atoms with van der Waals surface area (Å²) in [6, 6.07) is 13.7. The number of alkyl halides is 1. The van der Waals surface area contributed by atoms with E-state index >= 15 is 0 Å². The van der Waals surface area contributed by atoms with Crippen LogP contribution in [-0.4, -0.2) is 0 Å². The maximum absolute atomic E-state index is 13.3. The van der Waals surface area contributed by atoms with Crippen molar-refractivity contribution < 1.29 is 4.39 Å². The first-order chi connectivity index (χ1) is 8.72. The van der Waals surface area contributed by atoms with E-state index in [4.69, 9.17) is 11.6 Å². The zero-order chi connectivity index (χ0) is 13.0. The fourth-order valence-corrected chi connectivity index (χ4v) is 2.17. The predicted octanol–water partition coefficient (Wildman–Crippen LogP) is 4.72. The van der Waals surface area contributed by atoms with E-state index in [9.17, 15) is 4.39 Å². The number of aryl methyl sites for hydroxylation is 1. The van der Waals surface area contributed by atoms with Gasteiger partial charge in [-0.05, 0) is 35.6 Å². The highest BCUT2D eigenvalue weighted by Gasteiger charge is 2.03. The number of benzene rings is 2. The molecule has 0 amide bonds. The predicted molar refractivity (Wildman–Crippen MR) is 74.6 cm³/mol. The van der Waals surface area contributed by atoms with Gasteiger partial charge in [-0.2, -0.15) is 0 Å². The van der Waals surface area contributed by atoms with Gasteiger partial charge in [-0.1, -0.05) is 43.3 Å². The van der Waals surface area contributed by atoms with Crippen LogP contribution < -0.4 is 0 Å². The molecule has 2 heteroatoms. The summed E-state index contributed by atoms with van der Waals surface area (Å²) in [4.78, 5) is 0. The first kappa shape index (κ1) is 13.1. The molecule has 0 atom stereocenters. The maximum atomic E-state index is 13.3. The molecule has 0 radical (unpaired) electrons. The normalized spacial score (nSPS) is 10.6. The van der Waals surface area contributed by atoms with Crippen molar-refractivity contribution in [2.24, 2.45) is 0 Å². The second-order valence-corrected chi connectivity index (χ2v) is 4.67. The quantitative estimate of drug-likeness (QED) is 0.700. The van der Waals surface area contributed by atoms with Crippen LogP contribution >= 0.6 is 11.6 Å². The molecule has 0 aliphatic heterocycles. The number of rotatable bonds is 4. The molecule has 0 bridgehead atoms. The largest absolute Gasteiger partial charge is 0.207 e. The molecule has 0 aliphatic carbocycles. The van der Waals surface area contributed by atoms with Gasteiger partial charge in [0, 0.05) is 5.56 Å². The molecule has 2 aromatic carbocycles. The Morgan fingerprint density at radius 3 is 2.17 bits per heavy atom. The van der Waals surface area contributed by atoms with E-state index in [1.165, 1.54) is 17.2 Å². The Bertz CT molecular complexity index is 517. The standard InChI is InChI=1S/C16H16ClF/c1-2-12-3-5-13(6-4-12)9-14-7-8-16(18)15(10-14)11-17/h3-8,10H,2,9,11H2,1H3. The molecule has 0 spiro atoms. The Labute approximate surface area is 112 Å². The van der Waals surface area contributed by atoms with Gasteiger partial charge in [-0.3, -0.25) is 0 Å².